The van der Waals surface area contributed by atoms with Crippen molar-refractivity contribution in [3.05, 3.63) is 0 Å². The molecule has 1 aliphatic carbocycles. The lowest BCUT2D eigenvalue weighted by molar-refractivity contribution is 0.352. The van der Waals surface area contributed by atoms with Crippen molar-refractivity contribution in [1.29, 1.82) is 0 Å². The van der Waals surface area contributed by atoms with E-state index in [0.29, 0.717) is 5.33 Å². The van der Waals surface area contributed by atoms with E-state index in [2.05, 4.69) is 15.9 Å². The predicted octanol–water partition coefficient (Wildman–Crippen LogP) is 2.94. The van der Waals surface area contributed by atoms with Crippen LogP contribution in [0.2, 0.25) is 0 Å². The third-order valence-corrected chi connectivity index (χ3v) is 4.38. The van der Waals surface area contributed by atoms with Gasteiger partial charge in [0.05, 0.1) is 0 Å². The molecule has 0 bridgehead atoms. The Balaban J connectivity index is 2.70. The molecule has 0 saturated heterocycles. The van der Waals surface area contributed by atoms with E-state index in [-0.39, 0.29) is 11.3 Å². The molecule has 3 heteroatoms. The SMILES string of the molecule is C[C@@H]1[C@](F)(Cl)[C@]1(C)CBr. The van der Waals surface area contributed by atoms with Gasteiger partial charge in [0.25, 0.3) is 0 Å². The summed E-state index contributed by atoms with van der Waals surface area (Å²) in [6.45, 7) is 3.67. The topological polar surface area (TPSA) is 0 Å². The van der Waals surface area contributed by atoms with Crippen molar-refractivity contribution < 1.29 is 4.39 Å². The van der Waals surface area contributed by atoms with Crippen LogP contribution in [0.15, 0.2) is 0 Å². The molecule has 0 aromatic carbocycles. The maximum atomic E-state index is 13.0. The molecule has 0 nitrogen and oxygen atoms in total. The zero-order valence-corrected chi connectivity index (χ0v) is 7.76. The van der Waals surface area contributed by atoms with Crippen molar-refractivity contribution in [2.45, 2.75) is 19.0 Å². The summed E-state index contributed by atoms with van der Waals surface area (Å²) in [5.41, 5.74) is -0.339. The smallest absolute Gasteiger partial charge is 0.193 e. The van der Waals surface area contributed by atoms with E-state index < -0.39 is 5.13 Å². The van der Waals surface area contributed by atoms with Gasteiger partial charge in [-0.15, -0.1) is 0 Å². The Morgan fingerprint density at radius 2 is 2.11 bits per heavy atom. The van der Waals surface area contributed by atoms with Crippen LogP contribution in [0.4, 0.5) is 4.39 Å². The minimum Gasteiger partial charge on any atom is -0.225 e. The van der Waals surface area contributed by atoms with Gasteiger partial charge in [-0.25, -0.2) is 4.39 Å². The first kappa shape index (κ1) is 7.80. The van der Waals surface area contributed by atoms with Gasteiger partial charge in [0.2, 0.25) is 0 Å². The average molecular weight is 215 g/mol. The Labute approximate surface area is 67.9 Å². The minimum absolute atomic E-state index is 0.0222. The maximum absolute atomic E-state index is 13.0. The van der Waals surface area contributed by atoms with E-state index in [1.54, 1.807) is 0 Å². The lowest BCUT2D eigenvalue weighted by Crippen LogP contribution is -2.05. The van der Waals surface area contributed by atoms with Crippen molar-refractivity contribution in [1.82, 2.24) is 0 Å². The summed E-state index contributed by atoms with van der Waals surface area (Å²) in [5.74, 6) is -0.0222. The van der Waals surface area contributed by atoms with E-state index >= 15 is 0 Å². The van der Waals surface area contributed by atoms with Crippen molar-refractivity contribution >= 4 is 27.5 Å². The highest BCUT2D eigenvalue weighted by Gasteiger charge is 2.72. The second-order valence-electron chi connectivity index (χ2n) is 2.90. The molecule has 0 spiro atoms. The Morgan fingerprint density at radius 3 is 2.11 bits per heavy atom. The van der Waals surface area contributed by atoms with E-state index in [1.165, 1.54) is 0 Å². The first-order chi connectivity index (χ1) is 3.97. The molecule has 1 saturated carbocycles. The zero-order valence-electron chi connectivity index (χ0n) is 5.42. The lowest BCUT2D eigenvalue weighted by atomic mass is 10.1. The summed E-state index contributed by atoms with van der Waals surface area (Å²) >= 11 is 8.73. The molecule has 0 heterocycles. The van der Waals surface area contributed by atoms with Gasteiger partial charge in [0.1, 0.15) is 0 Å². The summed E-state index contributed by atoms with van der Waals surface area (Å²) in [7, 11) is 0. The van der Waals surface area contributed by atoms with Gasteiger partial charge in [0.15, 0.2) is 5.13 Å². The van der Waals surface area contributed by atoms with Gasteiger partial charge in [-0.1, -0.05) is 41.4 Å². The van der Waals surface area contributed by atoms with Crippen LogP contribution in [0.25, 0.3) is 0 Å². The fourth-order valence-corrected chi connectivity index (χ4v) is 2.48. The lowest BCUT2D eigenvalue weighted by Gasteiger charge is -2.03. The highest BCUT2D eigenvalue weighted by Crippen LogP contribution is 2.67. The Morgan fingerprint density at radius 1 is 1.78 bits per heavy atom. The van der Waals surface area contributed by atoms with Crippen LogP contribution in [0, 0.1) is 11.3 Å². The molecule has 9 heavy (non-hydrogen) atoms. The van der Waals surface area contributed by atoms with Gasteiger partial charge in [0, 0.05) is 16.7 Å². The normalized spacial score (nSPS) is 57.7. The second-order valence-corrected chi connectivity index (χ2v) is 4.01. The highest BCUT2D eigenvalue weighted by atomic mass is 79.9. The molecule has 3 atom stereocenters. The fourth-order valence-electron chi connectivity index (χ4n) is 1.01. The summed E-state index contributed by atoms with van der Waals surface area (Å²) < 4.78 is 13.0. The van der Waals surface area contributed by atoms with E-state index in [1.807, 2.05) is 13.8 Å². The third kappa shape index (κ3) is 0.758. The maximum Gasteiger partial charge on any atom is 0.193 e. The van der Waals surface area contributed by atoms with Crippen LogP contribution in [0.1, 0.15) is 13.8 Å². The monoisotopic (exact) mass is 214 g/mol. The Hall–Kier alpha value is 0.700. The molecule has 1 fully saturated rings. The standard InChI is InChI=1S/C6H9BrClF/c1-4-5(2,3-7)6(4,8)9/h4H,3H2,1-2H3/t4-,5+,6+/m0/s1. The predicted molar refractivity (Wildman–Crippen MR) is 40.8 cm³/mol. The van der Waals surface area contributed by atoms with Gasteiger partial charge in [-0.05, 0) is 0 Å². The quantitative estimate of drug-likeness (QED) is 0.590. The molecule has 1 aliphatic rings. The Bertz CT molecular complexity index is 137. The molecule has 0 radical (unpaired) electrons. The molecule has 1 rings (SSSR count). The van der Waals surface area contributed by atoms with E-state index in [9.17, 15) is 4.39 Å². The van der Waals surface area contributed by atoms with Gasteiger partial charge in [-0.3, -0.25) is 0 Å². The van der Waals surface area contributed by atoms with Crippen molar-refractivity contribution in [3.8, 4) is 0 Å². The van der Waals surface area contributed by atoms with Crippen molar-refractivity contribution in [2.75, 3.05) is 5.33 Å². The minimum atomic E-state index is -1.46. The Kier molecular flexibility index (Phi) is 1.60. The largest absolute Gasteiger partial charge is 0.225 e. The fraction of sp³-hybridized carbons (Fsp3) is 1.00. The van der Waals surface area contributed by atoms with E-state index in [4.69, 9.17) is 11.6 Å². The van der Waals surface area contributed by atoms with Crippen LogP contribution < -0.4 is 0 Å². The van der Waals surface area contributed by atoms with Crippen molar-refractivity contribution in [2.24, 2.45) is 11.3 Å². The van der Waals surface area contributed by atoms with Gasteiger partial charge >= 0.3 is 0 Å². The molecule has 0 aliphatic heterocycles. The summed E-state index contributed by atoms with van der Waals surface area (Å²) in [6, 6.07) is 0. The molecule has 0 aromatic heterocycles. The molecule has 0 N–H and O–H groups in total. The summed E-state index contributed by atoms with van der Waals surface area (Å²) in [5, 5.41) is -0.822. The van der Waals surface area contributed by atoms with E-state index in [0.717, 1.165) is 0 Å². The molecular formula is C6H9BrClF. The third-order valence-electron chi connectivity index (χ3n) is 2.46. The van der Waals surface area contributed by atoms with Crippen LogP contribution in [0.5, 0.6) is 0 Å². The van der Waals surface area contributed by atoms with Gasteiger partial charge < -0.3 is 0 Å². The van der Waals surface area contributed by atoms with Crippen LogP contribution >= 0.6 is 27.5 Å². The second kappa shape index (κ2) is 1.85. The highest BCUT2D eigenvalue weighted by molar-refractivity contribution is 9.09. The first-order valence-corrected chi connectivity index (χ1v) is 4.40. The molecule has 54 valence electrons. The number of rotatable bonds is 1. The van der Waals surface area contributed by atoms with Gasteiger partial charge in [-0.2, -0.15) is 0 Å². The summed E-state index contributed by atoms with van der Waals surface area (Å²) in [4.78, 5) is 0. The average Bonchev–Trinajstić information content (AvgIpc) is 2.16. The number of halogens is 3. The molecule has 0 unspecified atom stereocenters. The first-order valence-electron chi connectivity index (χ1n) is 2.90. The van der Waals surface area contributed by atoms with Crippen molar-refractivity contribution in [3.63, 3.8) is 0 Å². The van der Waals surface area contributed by atoms with Crippen LogP contribution in [0.3, 0.4) is 0 Å². The molecular weight excluding hydrogens is 206 g/mol. The summed E-state index contributed by atoms with van der Waals surface area (Å²) in [6.07, 6.45) is 0. The zero-order chi connectivity index (χ0) is 7.28. The van der Waals surface area contributed by atoms with Crippen LogP contribution in [-0.4, -0.2) is 10.5 Å². The number of hydrogen-bond acceptors (Lipinski definition) is 0. The molecule has 0 aromatic rings. The van der Waals surface area contributed by atoms with Crippen LogP contribution in [-0.2, 0) is 0 Å². The number of alkyl halides is 3. The molecule has 0 amide bonds. The number of hydrogen-bond donors (Lipinski definition) is 0.